The maximum Gasteiger partial charge on any atom is 0.243 e. The zero-order chi connectivity index (χ0) is 37.2. The molecule has 272 valence electrons. The number of guanidine groups is 1. The van der Waals surface area contributed by atoms with Gasteiger partial charge in [-0.05, 0) is 41.2 Å². The van der Waals surface area contributed by atoms with E-state index in [4.69, 9.17) is 17.2 Å². The SMILES string of the molecule is CC(=O)N1Cc2ccccc2C[C@H]1C(=O)N[C@H](Cc1ccccc1)C(=O)N[C@@H](CCCN=C(N)N)C(=O)N[C@@H](Cc1c[nH]c2ccccc12)C(N)=O. The van der Waals surface area contributed by atoms with Gasteiger partial charge in [-0.3, -0.25) is 29.0 Å². The number of carbonyl (C=O) groups is 5. The highest BCUT2D eigenvalue weighted by molar-refractivity contribution is 5.96. The number of carbonyl (C=O) groups excluding carboxylic acids is 5. The Labute approximate surface area is 301 Å². The van der Waals surface area contributed by atoms with Gasteiger partial charge in [-0.1, -0.05) is 72.8 Å². The van der Waals surface area contributed by atoms with Gasteiger partial charge in [-0.25, -0.2) is 0 Å². The van der Waals surface area contributed by atoms with Crippen LogP contribution in [0.1, 0.15) is 42.0 Å². The number of hydrogen-bond donors (Lipinski definition) is 7. The summed E-state index contributed by atoms with van der Waals surface area (Å²) in [6.45, 7) is 1.85. The number of H-pyrrole nitrogens is 1. The van der Waals surface area contributed by atoms with Gasteiger partial charge in [0.15, 0.2) is 5.96 Å². The van der Waals surface area contributed by atoms with Gasteiger partial charge >= 0.3 is 0 Å². The molecule has 10 N–H and O–H groups in total. The number of nitrogens with zero attached hydrogens (tertiary/aromatic N) is 2. The molecule has 5 amide bonds. The quantitative estimate of drug-likeness (QED) is 0.0536. The first-order valence-corrected chi connectivity index (χ1v) is 17.2. The third-order valence-corrected chi connectivity index (χ3v) is 9.21. The zero-order valence-corrected chi connectivity index (χ0v) is 29.0. The molecular weight excluding hydrogens is 662 g/mol. The first-order valence-electron chi connectivity index (χ1n) is 17.2. The fourth-order valence-electron chi connectivity index (χ4n) is 6.48. The molecule has 14 heteroatoms. The molecule has 0 aliphatic carbocycles. The van der Waals surface area contributed by atoms with Crippen LogP contribution >= 0.6 is 0 Å². The van der Waals surface area contributed by atoms with Crippen LogP contribution in [0.15, 0.2) is 90.1 Å². The van der Waals surface area contributed by atoms with Gasteiger partial charge in [-0.15, -0.1) is 0 Å². The summed E-state index contributed by atoms with van der Waals surface area (Å²) in [5.41, 5.74) is 21.0. The number of fused-ring (bicyclic) bond motifs is 2. The lowest BCUT2D eigenvalue weighted by Gasteiger charge is -2.36. The highest BCUT2D eigenvalue weighted by Gasteiger charge is 2.36. The minimum atomic E-state index is -1.14. The molecule has 0 unspecified atom stereocenters. The predicted molar refractivity (Wildman–Crippen MR) is 197 cm³/mol. The predicted octanol–water partition coefficient (Wildman–Crippen LogP) is 0.920. The van der Waals surface area contributed by atoms with Crippen LogP contribution in [-0.2, 0) is 49.8 Å². The van der Waals surface area contributed by atoms with Crippen molar-refractivity contribution in [3.8, 4) is 0 Å². The van der Waals surface area contributed by atoms with E-state index in [9.17, 15) is 24.0 Å². The molecule has 3 aromatic carbocycles. The Morgan fingerprint density at radius 3 is 2.17 bits per heavy atom. The highest BCUT2D eigenvalue weighted by Crippen LogP contribution is 2.24. The number of aliphatic imine (C=N–C) groups is 1. The topological polar surface area (TPSA) is 231 Å². The molecule has 4 aromatic rings. The Bertz CT molecular complexity index is 1940. The normalized spacial score (nSPS) is 15.4. The monoisotopic (exact) mass is 707 g/mol. The van der Waals surface area contributed by atoms with E-state index < -0.39 is 47.8 Å². The summed E-state index contributed by atoms with van der Waals surface area (Å²) >= 11 is 0. The van der Waals surface area contributed by atoms with E-state index >= 15 is 0 Å². The molecule has 5 rings (SSSR count). The Morgan fingerprint density at radius 2 is 1.46 bits per heavy atom. The molecule has 1 aliphatic heterocycles. The number of para-hydroxylation sites is 1. The van der Waals surface area contributed by atoms with Crippen molar-refractivity contribution in [2.75, 3.05) is 6.54 Å². The van der Waals surface area contributed by atoms with E-state index in [2.05, 4.69) is 25.9 Å². The number of rotatable bonds is 15. The van der Waals surface area contributed by atoms with E-state index in [1.54, 1.807) is 6.20 Å². The molecule has 0 radical (unpaired) electrons. The minimum Gasteiger partial charge on any atom is -0.370 e. The van der Waals surface area contributed by atoms with Crippen molar-refractivity contribution in [2.24, 2.45) is 22.2 Å². The van der Waals surface area contributed by atoms with Crippen molar-refractivity contribution in [1.29, 1.82) is 0 Å². The summed E-state index contributed by atoms with van der Waals surface area (Å²) < 4.78 is 0. The Kier molecular flexibility index (Phi) is 12.2. The largest absolute Gasteiger partial charge is 0.370 e. The lowest BCUT2D eigenvalue weighted by Crippen LogP contribution is -2.59. The lowest BCUT2D eigenvalue weighted by molar-refractivity contribution is -0.141. The maximum atomic E-state index is 14.1. The molecule has 1 aromatic heterocycles. The molecule has 2 heterocycles. The fourth-order valence-corrected chi connectivity index (χ4v) is 6.48. The lowest BCUT2D eigenvalue weighted by atomic mass is 9.93. The number of aromatic amines is 1. The molecule has 4 atom stereocenters. The number of benzene rings is 3. The van der Waals surface area contributed by atoms with Crippen molar-refractivity contribution in [1.82, 2.24) is 25.8 Å². The first kappa shape index (κ1) is 37.1. The van der Waals surface area contributed by atoms with Gasteiger partial charge in [0.2, 0.25) is 29.5 Å². The molecular formula is C38H45N9O5. The fraction of sp³-hybridized carbons (Fsp3) is 0.316. The van der Waals surface area contributed by atoms with Crippen LogP contribution in [0.5, 0.6) is 0 Å². The molecule has 0 saturated carbocycles. The van der Waals surface area contributed by atoms with Crippen LogP contribution in [0.2, 0.25) is 0 Å². The van der Waals surface area contributed by atoms with Gasteiger partial charge in [-0.2, -0.15) is 0 Å². The Balaban J connectivity index is 1.36. The third kappa shape index (κ3) is 9.53. The van der Waals surface area contributed by atoms with Gasteiger partial charge in [0.1, 0.15) is 24.2 Å². The summed E-state index contributed by atoms with van der Waals surface area (Å²) in [6, 6.07) is 20.1. The summed E-state index contributed by atoms with van der Waals surface area (Å²) in [7, 11) is 0. The van der Waals surface area contributed by atoms with Gasteiger partial charge < -0.3 is 43.0 Å². The zero-order valence-electron chi connectivity index (χ0n) is 29.0. The van der Waals surface area contributed by atoms with E-state index in [1.807, 2.05) is 78.9 Å². The third-order valence-electron chi connectivity index (χ3n) is 9.21. The molecule has 1 aliphatic rings. The van der Waals surface area contributed by atoms with E-state index in [1.165, 1.54) is 11.8 Å². The van der Waals surface area contributed by atoms with Crippen molar-refractivity contribution in [3.05, 3.63) is 107 Å². The van der Waals surface area contributed by atoms with Crippen LogP contribution in [0.25, 0.3) is 10.9 Å². The number of nitrogens with one attached hydrogen (secondary N) is 4. The maximum absolute atomic E-state index is 14.1. The first-order chi connectivity index (χ1) is 25.0. The second-order valence-electron chi connectivity index (χ2n) is 12.9. The molecule has 14 nitrogen and oxygen atoms in total. The second kappa shape index (κ2) is 17.2. The van der Waals surface area contributed by atoms with Crippen LogP contribution < -0.4 is 33.2 Å². The van der Waals surface area contributed by atoms with E-state index in [0.717, 1.165) is 33.2 Å². The molecule has 0 spiro atoms. The number of nitrogens with two attached hydrogens (primary N) is 3. The average Bonchev–Trinajstić information content (AvgIpc) is 3.54. The second-order valence-corrected chi connectivity index (χ2v) is 12.9. The van der Waals surface area contributed by atoms with Crippen LogP contribution in [0.4, 0.5) is 0 Å². The number of amides is 5. The molecule has 0 saturated heterocycles. The van der Waals surface area contributed by atoms with Crippen molar-refractivity contribution >= 4 is 46.4 Å². The van der Waals surface area contributed by atoms with E-state index in [-0.39, 0.29) is 50.6 Å². The highest BCUT2D eigenvalue weighted by atomic mass is 16.2. The van der Waals surface area contributed by atoms with E-state index in [0.29, 0.717) is 6.42 Å². The smallest absolute Gasteiger partial charge is 0.243 e. The van der Waals surface area contributed by atoms with Gasteiger partial charge in [0, 0.05) is 56.4 Å². The van der Waals surface area contributed by atoms with Crippen LogP contribution in [0.3, 0.4) is 0 Å². The van der Waals surface area contributed by atoms with Crippen LogP contribution in [-0.4, -0.2) is 76.1 Å². The number of hydrogen-bond acceptors (Lipinski definition) is 6. The van der Waals surface area contributed by atoms with Crippen molar-refractivity contribution in [2.45, 2.75) is 69.7 Å². The van der Waals surface area contributed by atoms with Crippen molar-refractivity contribution in [3.63, 3.8) is 0 Å². The molecule has 52 heavy (non-hydrogen) atoms. The van der Waals surface area contributed by atoms with Gasteiger partial charge in [0.25, 0.3) is 0 Å². The average molecular weight is 708 g/mol. The molecule has 0 fully saturated rings. The Hall–Kier alpha value is -6.18. The van der Waals surface area contributed by atoms with Gasteiger partial charge in [0.05, 0.1) is 0 Å². The van der Waals surface area contributed by atoms with Crippen LogP contribution in [0, 0.1) is 0 Å². The summed E-state index contributed by atoms with van der Waals surface area (Å²) in [5.74, 6) is -2.90. The van der Waals surface area contributed by atoms with Crippen molar-refractivity contribution < 1.29 is 24.0 Å². The standard InChI is InChI=1S/C38H45N9O5/c1-23(48)47-22-26-13-6-5-12-25(26)20-33(47)37(52)46-32(18-24-10-3-2-4-11-24)36(51)44-30(16-9-17-42-38(40)41)35(50)45-31(34(39)49)19-27-21-43-29-15-8-7-14-28(27)29/h2-8,10-15,21,30-33,43H,9,16-20,22H2,1H3,(H2,39,49)(H,44,51)(H,45,50)(H,46,52)(H4,40,41,42)/t30-,31-,32+,33-/m0/s1. The summed E-state index contributed by atoms with van der Waals surface area (Å²) in [6.07, 6.45) is 2.68. The minimum absolute atomic E-state index is 0.106. The number of aromatic nitrogens is 1. The number of primary amides is 1. The Morgan fingerprint density at radius 1 is 0.808 bits per heavy atom. The summed E-state index contributed by atoms with van der Waals surface area (Å²) in [5, 5.41) is 9.28. The summed E-state index contributed by atoms with van der Waals surface area (Å²) in [4.78, 5) is 75.8. The molecule has 0 bridgehead atoms.